The number of anilines is 3. The van der Waals surface area contributed by atoms with Gasteiger partial charge < -0.3 is 15.1 Å². The fourth-order valence-electron chi connectivity index (χ4n) is 3.99. The van der Waals surface area contributed by atoms with Gasteiger partial charge in [0.15, 0.2) is 5.43 Å². The highest BCUT2D eigenvalue weighted by Gasteiger charge is 2.11. The minimum Gasteiger partial charge on any atom is -0.456 e. The predicted molar refractivity (Wildman–Crippen MR) is 142 cm³/mol. The Hall–Kier alpha value is -4.78. The molecule has 0 fully saturated rings. The summed E-state index contributed by atoms with van der Waals surface area (Å²) in [5.74, 6) is 0.703. The number of hydrogen-bond donors (Lipinski definition) is 2. The molecule has 0 aliphatic heterocycles. The molecule has 5 aromatic rings. The van der Waals surface area contributed by atoms with Crippen molar-refractivity contribution < 1.29 is 9.21 Å². The molecule has 36 heavy (non-hydrogen) atoms. The maximum atomic E-state index is 12.9. The Morgan fingerprint density at radius 2 is 1.53 bits per heavy atom. The molecule has 0 saturated carbocycles. The van der Waals surface area contributed by atoms with Gasteiger partial charge in [-0.25, -0.2) is 9.97 Å². The van der Waals surface area contributed by atoms with Crippen molar-refractivity contribution in [2.24, 2.45) is 0 Å². The van der Waals surface area contributed by atoms with E-state index in [4.69, 9.17) is 4.42 Å². The molecular weight excluding hydrogens is 452 g/mol. The van der Waals surface area contributed by atoms with E-state index in [1.807, 2.05) is 63.2 Å². The Bertz CT molecular complexity index is 1640. The molecule has 0 atom stereocenters. The van der Waals surface area contributed by atoms with Gasteiger partial charge >= 0.3 is 0 Å². The van der Waals surface area contributed by atoms with Crippen LogP contribution in [0.1, 0.15) is 27.3 Å². The van der Waals surface area contributed by atoms with Crippen LogP contribution in [0.15, 0.2) is 88.1 Å². The quantitative estimate of drug-likeness (QED) is 0.315. The molecule has 7 heteroatoms. The van der Waals surface area contributed by atoms with Gasteiger partial charge in [0, 0.05) is 40.0 Å². The summed E-state index contributed by atoms with van der Waals surface area (Å²) in [5, 5.41) is 6.64. The largest absolute Gasteiger partial charge is 0.456 e. The highest BCUT2D eigenvalue weighted by atomic mass is 16.3. The third kappa shape index (κ3) is 5.00. The molecule has 2 aromatic heterocycles. The first-order valence-electron chi connectivity index (χ1n) is 11.5. The third-order valence-electron chi connectivity index (χ3n) is 5.67. The van der Waals surface area contributed by atoms with E-state index < -0.39 is 0 Å². The Balaban J connectivity index is 1.32. The Morgan fingerprint density at radius 3 is 2.28 bits per heavy atom. The first-order chi connectivity index (χ1) is 17.3. The van der Waals surface area contributed by atoms with E-state index in [1.165, 1.54) is 6.07 Å². The van der Waals surface area contributed by atoms with Crippen molar-refractivity contribution in [2.75, 3.05) is 10.6 Å². The standard InChI is InChI=1S/C29H24N4O3/c1-17-7-12-26-24(13-17)25(34)16-27(36-26)20-8-10-21(11-9-20)28(35)32-22-5-4-6-23(15-22)33-29-30-18(2)14-19(3)31-29/h4-16H,1-3H3,(H,32,35)(H,30,31,33). The first-order valence-corrected chi connectivity index (χ1v) is 11.5. The Kier molecular flexibility index (Phi) is 6.04. The lowest BCUT2D eigenvalue weighted by molar-refractivity contribution is 0.102. The van der Waals surface area contributed by atoms with Crippen LogP contribution in [0.2, 0.25) is 0 Å². The van der Waals surface area contributed by atoms with Crippen LogP contribution in [0.4, 0.5) is 17.3 Å². The van der Waals surface area contributed by atoms with Crippen LogP contribution in [0.3, 0.4) is 0 Å². The molecule has 1 amide bonds. The lowest BCUT2D eigenvalue weighted by Gasteiger charge is -2.10. The van der Waals surface area contributed by atoms with Gasteiger partial charge in [-0.15, -0.1) is 0 Å². The monoisotopic (exact) mass is 476 g/mol. The van der Waals surface area contributed by atoms with Crippen molar-refractivity contribution in [3.63, 3.8) is 0 Å². The molecule has 0 saturated heterocycles. The number of benzene rings is 3. The average Bonchev–Trinajstić information content (AvgIpc) is 2.84. The Labute approximate surface area is 207 Å². The average molecular weight is 477 g/mol. The zero-order valence-electron chi connectivity index (χ0n) is 20.1. The van der Waals surface area contributed by atoms with Crippen molar-refractivity contribution in [3.05, 3.63) is 112 Å². The van der Waals surface area contributed by atoms with Crippen LogP contribution in [0, 0.1) is 20.8 Å². The van der Waals surface area contributed by atoms with E-state index in [0.29, 0.717) is 39.5 Å². The van der Waals surface area contributed by atoms with Gasteiger partial charge in [0.1, 0.15) is 11.3 Å². The Morgan fingerprint density at radius 1 is 0.806 bits per heavy atom. The number of hydrogen-bond acceptors (Lipinski definition) is 6. The summed E-state index contributed by atoms with van der Waals surface area (Å²) < 4.78 is 5.94. The summed E-state index contributed by atoms with van der Waals surface area (Å²) >= 11 is 0. The molecule has 3 aromatic carbocycles. The van der Waals surface area contributed by atoms with Gasteiger partial charge in [0.2, 0.25) is 5.95 Å². The van der Waals surface area contributed by atoms with Gasteiger partial charge in [0.25, 0.3) is 5.91 Å². The zero-order valence-corrected chi connectivity index (χ0v) is 20.1. The topological polar surface area (TPSA) is 97.1 Å². The minimum atomic E-state index is -0.253. The summed E-state index contributed by atoms with van der Waals surface area (Å²) in [4.78, 5) is 34.2. The number of carbonyl (C=O) groups excluding carboxylic acids is 1. The number of nitrogens with zero attached hydrogens (tertiary/aromatic N) is 2. The fourth-order valence-corrected chi connectivity index (χ4v) is 3.99. The SMILES string of the molecule is Cc1ccc2oc(-c3ccc(C(=O)Nc4cccc(Nc5nc(C)cc(C)n5)c4)cc3)cc(=O)c2c1. The number of nitrogens with one attached hydrogen (secondary N) is 2. The lowest BCUT2D eigenvalue weighted by atomic mass is 10.1. The van der Waals surface area contributed by atoms with E-state index in [2.05, 4.69) is 20.6 Å². The van der Waals surface area contributed by atoms with E-state index in [1.54, 1.807) is 30.3 Å². The summed E-state index contributed by atoms with van der Waals surface area (Å²) in [5.41, 5.74) is 5.76. The maximum Gasteiger partial charge on any atom is 0.255 e. The summed E-state index contributed by atoms with van der Waals surface area (Å²) in [6.45, 7) is 5.76. The molecule has 2 heterocycles. The van der Waals surface area contributed by atoms with Crippen LogP contribution in [0.25, 0.3) is 22.3 Å². The van der Waals surface area contributed by atoms with Crippen LogP contribution in [-0.4, -0.2) is 15.9 Å². The maximum absolute atomic E-state index is 12.9. The summed E-state index contributed by atoms with van der Waals surface area (Å²) in [6.07, 6.45) is 0. The summed E-state index contributed by atoms with van der Waals surface area (Å²) in [6, 6.07) is 23.2. The van der Waals surface area contributed by atoms with Gasteiger partial charge in [-0.3, -0.25) is 9.59 Å². The van der Waals surface area contributed by atoms with E-state index in [-0.39, 0.29) is 11.3 Å². The molecular formula is C29H24N4O3. The van der Waals surface area contributed by atoms with Gasteiger partial charge in [-0.1, -0.05) is 29.8 Å². The van der Waals surface area contributed by atoms with Crippen molar-refractivity contribution >= 4 is 34.2 Å². The lowest BCUT2D eigenvalue weighted by Crippen LogP contribution is -2.12. The second-order valence-electron chi connectivity index (χ2n) is 8.69. The zero-order chi connectivity index (χ0) is 25.2. The molecule has 0 aliphatic rings. The number of carbonyl (C=O) groups is 1. The van der Waals surface area contributed by atoms with Crippen LogP contribution in [0.5, 0.6) is 0 Å². The number of rotatable bonds is 5. The van der Waals surface area contributed by atoms with Gasteiger partial charge in [-0.2, -0.15) is 0 Å². The normalized spacial score (nSPS) is 10.9. The number of aryl methyl sites for hydroxylation is 3. The molecule has 0 aliphatic carbocycles. The van der Waals surface area contributed by atoms with Crippen molar-refractivity contribution in [1.29, 1.82) is 0 Å². The van der Waals surface area contributed by atoms with Crippen molar-refractivity contribution in [3.8, 4) is 11.3 Å². The molecule has 0 bridgehead atoms. The summed E-state index contributed by atoms with van der Waals surface area (Å²) in [7, 11) is 0. The van der Waals surface area contributed by atoms with Crippen LogP contribution < -0.4 is 16.1 Å². The van der Waals surface area contributed by atoms with E-state index >= 15 is 0 Å². The van der Waals surface area contributed by atoms with Crippen LogP contribution in [-0.2, 0) is 0 Å². The molecule has 0 unspecified atom stereocenters. The number of amides is 1. The number of fused-ring (bicyclic) bond motifs is 1. The van der Waals surface area contributed by atoms with Gasteiger partial charge in [0.05, 0.1) is 5.39 Å². The predicted octanol–water partition coefficient (Wildman–Crippen LogP) is 6.17. The molecule has 5 rings (SSSR count). The molecule has 0 radical (unpaired) electrons. The van der Waals surface area contributed by atoms with Gasteiger partial charge in [-0.05, 0) is 69.3 Å². The third-order valence-corrected chi connectivity index (χ3v) is 5.67. The fraction of sp³-hybridized carbons (Fsp3) is 0.103. The van der Waals surface area contributed by atoms with E-state index in [9.17, 15) is 9.59 Å². The second-order valence-corrected chi connectivity index (χ2v) is 8.69. The first kappa shape index (κ1) is 23.0. The van der Waals surface area contributed by atoms with Crippen molar-refractivity contribution in [2.45, 2.75) is 20.8 Å². The molecule has 178 valence electrons. The molecule has 0 spiro atoms. The second kappa shape index (κ2) is 9.46. The molecule has 7 nitrogen and oxygen atoms in total. The minimum absolute atomic E-state index is 0.100. The highest BCUT2D eigenvalue weighted by Crippen LogP contribution is 2.24. The van der Waals surface area contributed by atoms with Crippen LogP contribution >= 0.6 is 0 Å². The van der Waals surface area contributed by atoms with E-state index in [0.717, 1.165) is 22.6 Å². The smallest absolute Gasteiger partial charge is 0.255 e. The van der Waals surface area contributed by atoms with Crippen molar-refractivity contribution in [1.82, 2.24) is 9.97 Å². The highest BCUT2D eigenvalue weighted by molar-refractivity contribution is 6.04. The number of aromatic nitrogens is 2. The molecule has 2 N–H and O–H groups in total.